The van der Waals surface area contributed by atoms with Gasteiger partial charge in [-0.3, -0.25) is 0 Å². The van der Waals surface area contributed by atoms with Gasteiger partial charge in [0, 0.05) is 29.9 Å². The number of halogens is 1. The molecule has 0 aliphatic heterocycles. The molecule has 0 amide bonds. The Morgan fingerprint density at radius 1 is 1.33 bits per heavy atom. The zero-order valence-corrected chi connectivity index (χ0v) is 14.3. The SMILES string of the molecule is CCCC(Oc1cc(Cl)ccc1C#N)c1ccnc2c1ncn2C. The van der Waals surface area contributed by atoms with Crippen LogP contribution in [-0.4, -0.2) is 14.5 Å². The number of benzene rings is 1. The molecule has 1 aromatic carbocycles. The first kappa shape index (κ1) is 16.3. The summed E-state index contributed by atoms with van der Waals surface area (Å²) in [4.78, 5) is 8.82. The Morgan fingerprint density at radius 3 is 2.92 bits per heavy atom. The van der Waals surface area contributed by atoms with Crippen molar-refractivity contribution in [1.82, 2.24) is 14.5 Å². The van der Waals surface area contributed by atoms with Gasteiger partial charge in [-0.2, -0.15) is 5.26 Å². The second-order valence-corrected chi connectivity index (χ2v) is 6.01. The van der Waals surface area contributed by atoms with Gasteiger partial charge in [-0.15, -0.1) is 0 Å². The lowest BCUT2D eigenvalue weighted by Gasteiger charge is -2.20. The van der Waals surface area contributed by atoms with E-state index in [1.54, 1.807) is 30.7 Å². The summed E-state index contributed by atoms with van der Waals surface area (Å²) in [5, 5.41) is 9.84. The third-order valence-electron chi connectivity index (χ3n) is 3.86. The molecule has 3 rings (SSSR count). The number of nitrogens with zero attached hydrogens (tertiary/aromatic N) is 4. The largest absolute Gasteiger partial charge is 0.484 e. The molecule has 2 aromatic heterocycles. The number of imidazole rings is 1. The van der Waals surface area contributed by atoms with Crippen LogP contribution in [0.25, 0.3) is 11.2 Å². The molecule has 2 heterocycles. The molecule has 0 N–H and O–H groups in total. The highest BCUT2D eigenvalue weighted by atomic mass is 35.5. The van der Waals surface area contributed by atoms with Gasteiger partial charge in [-0.05, 0) is 24.6 Å². The van der Waals surface area contributed by atoms with Crippen LogP contribution in [0.5, 0.6) is 5.75 Å². The first-order valence-corrected chi connectivity index (χ1v) is 8.14. The molecule has 0 saturated carbocycles. The van der Waals surface area contributed by atoms with Crippen molar-refractivity contribution in [3.63, 3.8) is 0 Å². The lowest BCUT2D eigenvalue weighted by atomic mass is 10.0. The van der Waals surface area contributed by atoms with Crippen molar-refractivity contribution in [1.29, 1.82) is 5.26 Å². The van der Waals surface area contributed by atoms with Crippen molar-refractivity contribution >= 4 is 22.8 Å². The maximum atomic E-state index is 9.30. The Morgan fingerprint density at radius 2 is 2.17 bits per heavy atom. The topological polar surface area (TPSA) is 63.7 Å². The molecule has 24 heavy (non-hydrogen) atoms. The Balaban J connectivity index is 2.04. The molecule has 5 nitrogen and oxygen atoms in total. The molecular weight excluding hydrogens is 324 g/mol. The molecule has 122 valence electrons. The molecule has 1 atom stereocenters. The van der Waals surface area contributed by atoms with E-state index < -0.39 is 0 Å². The second kappa shape index (κ2) is 6.90. The number of aromatic nitrogens is 3. The van der Waals surface area contributed by atoms with Crippen molar-refractivity contribution in [2.45, 2.75) is 25.9 Å². The van der Waals surface area contributed by atoms with Gasteiger partial charge >= 0.3 is 0 Å². The first-order chi connectivity index (χ1) is 11.6. The van der Waals surface area contributed by atoms with Gasteiger partial charge in [0.15, 0.2) is 5.65 Å². The summed E-state index contributed by atoms with van der Waals surface area (Å²) in [6.07, 6.45) is 5.01. The fourth-order valence-electron chi connectivity index (χ4n) is 2.69. The average molecular weight is 341 g/mol. The molecule has 0 aliphatic carbocycles. The van der Waals surface area contributed by atoms with Gasteiger partial charge in [0.05, 0.1) is 11.9 Å². The maximum Gasteiger partial charge on any atom is 0.159 e. The Labute approximate surface area is 145 Å². The predicted molar refractivity (Wildman–Crippen MR) is 93.0 cm³/mol. The third kappa shape index (κ3) is 3.06. The zero-order valence-electron chi connectivity index (χ0n) is 13.5. The van der Waals surface area contributed by atoms with Crippen molar-refractivity contribution in [2.75, 3.05) is 0 Å². The van der Waals surface area contributed by atoms with Crippen LogP contribution in [0.15, 0.2) is 36.8 Å². The summed E-state index contributed by atoms with van der Waals surface area (Å²) >= 11 is 6.06. The summed E-state index contributed by atoms with van der Waals surface area (Å²) in [7, 11) is 1.91. The highest BCUT2D eigenvalue weighted by Crippen LogP contribution is 2.32. The van der Waals surface area contributed by atoms with Crippen LogP contribution < -0.4 is 4.74 Å². The number of fused-ring (bicyclic) bond motifs is 1. The number of aryl methyl sites for hydroxylation is 1. The van der Waals surface area contributed by atoms with Crippen LogP contribution in [0, 0.1) is 11.3 Å². The normalized spacial score (nSPS) is 12.1. The quantitative estimate of drug-likeness (QED) is 0.690. The Kier molecular flexibility index (Phi) is 4.68. The molecule has 0 saturated heterocycles. The van der Waals surface area contributed by atoms with E-state index in [2.05, 4.69) is 23.0 Å². The van der Waals surface area contributed by atoms with Gasteiger partial charge < -0.3 is 9.30 Å². The first-order valence-electron chi connectivity index (χ1n) is 7.76. The lowest BCUT2D eigenvalue weighted by Crippen LogP contribution is -2.09. The van der Waals surface area contributed by atoms with Crippen LogP contribution in [-0.2, 0) is 7.05 Å². The molecule has 1 unspecified atom stereocenters. The third-order valence-corrected chi connectivity index (χ3v) is 4.10. The van der Waals surface area contributed by atoms with E-state index in [0.29, 0.717) is 16.3 Å². The number of nitriles is 1. The van der Waals surface area contributed by atoms with E-state index in [1.807, 2.05) is 17.7 Å². The van der Waals surface area contributed by atoms with E-state index in [1.165, 1.54) is 0 Å². The number of ether oxygens (including phenoxy) is 1. The van der Waals surface area contributed by atoms with Crippen LogP contribution in [0.4, 0.5) is 0 Å². The van der Waals surface area contributed by atoms with Crippen LogP contribution >= 0.6 is 11.6 Å². The van der Waals surface area contributed by atoms with E-state index in [9.17, 15) is 5.26 Å². The van der Waals surface area contributed by atoms with Gasteiger partial charge in [0.1, 0.15) is 23.4 Å². The van der Waals surface area contributed by atoms with Gasteiger partial charge in [-0.1, -0.05) is 24.9 Å². The summed E-state index contributed by atoms with van der Waals surface area (Å²) in [6.45, 7) is 2.09. The Bertz CT molecular complexity index is 913. The standard InChI is InChI=1S/C18H17ClN4O/c1-3-4-15(24-16-9-13(19)6-5-12(16)10-20)14-7-8-21-18-17(14)22-11-23(18)2/h5-9,11,15H,3-4H2,1-2H3. The maximum absolute atomic E-state index is 9.30. The van der Waals surface area contributed by atoms with Gasteiger partial charge in [0.25, 0.3) is 0 Å². The van der Waals surface area contributed by atoms with Crippen molar-refractivity contribution in [2.24, 2.45) is 7.05 Å². The average Bonchev–Trinajstić information content (AvgIpc) is 2.96. The number of pyridine rings is 1. The van der Waals surface area contributed by atoms with Crippen molar-refractivity contribution in [3.05, 3.63) is 52.9 Å². The zero-order chi connectivity index (χ0) is 17.1. The molecule has 0 aliphatic rings. The van der Waals surface area contributed by atoms with Gasteiger partial charge in [-0.25, -0.2) is 9.97 Å². The highest BCUT2D eigenvalue weighted by molar-refractivity contribution is 6.30. The van der Waals surface area contributed by atoms with E-state index in [0.717, 1.165) is 29.6 Å². The smallest absolute Gasteiger partial charge is 0.159 e. The van der Waals surface area contributed by atoms with E-state index in [4.69, 9.17) is 16.3 Å². The highest BCUT2D eigenvalue weighted by Gasteiger charge is 2.20. The van der Waals surface area contributed by atoms with E-state index >= 15 is 0 Å². The molecule has 0 spiro atoms. The molecule has 0 bridgehead atoms. The molecule has 6 heteroatoms. The number of hydrogen-bond acceptors (Lipinski definition) is 4. The van der Waals surface area contributed by atoms with E-state index in [-0.39, 0.29) is 6.10 Å². The van der Waals surface area contributed by atoms with Crippen molar-refractivity contribution < 1.29 is 4.74 Å². The molecular formula is C18H17ClN4O. The monoisotopic (exact) mass is 340 g/mol. The van der Waals surface area contributed by atoms with Crippen molar-refractivity contribution in [3.8, 4) is 11.8 Å². The van der Waals surface area contributed by atoms with Crippen LogP contribution in [0.3, 0.4) is 0 Å². The summed E-state index contributed by atoms with van der Waals surface area (Å²) in [5.74, 6) is 0.490. The summed E-state index contributed by atoms with van der Waals surface area (Å²) in [6, 6.07) is 9.11. The number of hydrogen-bond donors (Lipinski definition) is 0. The second-order valence-electron chi connectivity index (χ2n) is 5.58. The minimum atomic E-state index is -0.221. The predicted octanol–water partition coefficient (Wildman–Crippen LogP) is 4.41. The molecule has 3 aromatic rings. The fourth-order valence-corrected chi connectivity index (χ4v) is 2.85. The number of rotatable bonds is 5. The van der Waals surface area contributed by atoms with Gasteiger partial charge in [0.2, 0.25) is 0 Å². The molecule has 0 fully saturated rings. The van der Waals surface area contributed by atoms with Crippen LogP contribution in [0.2, 0.25) is 5.02 Å². The minimum Gasteiger partial charge on any atom is -0.484 e. The summed E-state index contributed by atoms with van der Waals surface area (Å²) in [5.41, 5.74) is 3.06. The minimum absolute atomic E-state index is 0.221. The lowest BCUT2D eigenvalue weighted by molar-refractivity contribution is 0.194. The molecule has 0 radical (unpaired) electrons. The summed E-state index contributed by atoms with van der Waals surface area (Å²) < 4.78 is 8.05. The van der Waals surface area contributed by atoms with Crippen LogP contribution in [0.1, 0.15) is 37.0 Å². The Hall–Kier alpha value is -2.58. The fraction of sp³-hybridized carbons (Fsp3) is 0.278.